The third kappa shape index (κ3) is 5.00. The van der Waals surface area contributed by atoms with Crippen LogP contribution in [-0.2, 0) is 9.53 Å². The van der Waals surface area contributed by atoms with Crippen LogP contribution in [0.2, 0.25) is 0 Å². The van der Waals surface area contributed by atoms with E-state index in [0.29, 0.717) is 5.56 Å². The third-order valence-corrected chi connectivity index (χ3v) is 4.61. The summed E-state index contributed by atoms with van der Waals surface area (Å²) in [5.41, 5.74) is 3.94. The highest BCUT2D eigenvalue weighted by atomic mass is 16.5. The van der Waals surface area contributed by atoms with Crippen LogP contribution in [0.1, 0.15) is 15.9 Å². The van der Waals surface area contributed by atoms with Crippen LogP contribution in [0, 0.1) is 0 Å². The average Bonchev–Trinajstić information content (AvgIpc) is 3.32. The molecule has 4 rings (SSSR count). The molecule has 0 aliphatic heterocycles. The van der Waals surface area contributed by atoms with Gasteiger partial charge in [0.2, 0.25) is 0 Å². The number of carbonyl (C=O) groups is 2. The minimum Gasteiger partial charge on any atom is -0.454 e. The zero-order chi connectivity index (χ0) is 21.5. The van der Waals surface area contributed by atoms with E-state index in [1.54, 1.807) is 41.2 Å². The Kier molecular flexibility index (Phi) is 6.09. The fraction of sp³-hybridized carbons (Fsp3) is 0.0400. The van der Waals surface area contributed by atoms with Crippen molar-refractivity contribution >= 4 is 17.8 Å². The van der Waals surface area contributed by atoms with Crippen LogP contribution < -0.4 is 0 Å². The van der Waals surface area contributed by atoms with Gasteiger partial charge >= 0.3 is 5.97 Å². The zero-order valence-corrected chi connectivity index (χ0v) is 16.6. The molecule has 152 valence electrons. The van der Waals surface area contributed by atoms with Crippen molar-refractivity contribution in [2.75, 3.05) is 6.61 Å². The van der Waals surface area contributed by atoms with E-state index in [-0.39, 0.29) is 12.4 Å². The maximum absolute atomic E-state index is 12.4. The van der Waals surface area contributed by atoms with Gasteiger partial charge in [-0.25, -0.2) is 9.48 Å². The van der Waals surface area contributed by atoms with E-state index in [1.807, 2.05) is 60.7 Å². The van der Waals surface area contributed by atoms with E-state index >= 15 is 0 Å². The van der Waals surface area contributed by atoms with Crippen LogP contribution in [0.3, 0.4) is 0 Å². The highest BCUT2D eigenvalue weighted by Gasteiger charge is 2.11. The van der Waals surface area contributed by atoms with Gasteiger partial charge in [-0.1, -0.05) is 65.9 Å². The van der Waals surface area contributed by atoms with E-state index in [1.165, 1.54) is 6.08 Å². The Morgan fingerprint density at radius 1 is 0.871 bits per heavy atom. The van der Waals surface area contributed by atoms with Gasteiger partial charge in [-0.05, 0) is 35.9 Å². The lowest BCUT2D eigenvalue weighted by Crippen LogP contribution is -2.12. The summed E-state index contributed by atoms with van der Waals surface area (Å²) in [7, 11) is 0. The first-order valence-corrected chi connectivity index (χ1v) is 9.70. The molecule has 1 aromatic heterocycles. The predicted molar refractivity (Wildman–Crippen MR) is 118 cm³/mol. The molecule has 0 unspecified atom stereocenters. The first kappa shape index (κ1) is 20.0. The smallest absolute Gasteiger partial charge is 0.331 e. The Hall–Kier alpha value is -4.32. The topological polar surface area (TPSA) is 74.1 Å². The van der Waals surface area contributed by atoms with Crippen molar-refractivity contribution in [3.63, 3.8) is 0 Å². The predicted octanol–water partition coefficient (Wildman–Crippen LogP) is 4.37. The lowest BCUT2D eigenvalue weighted by atomic mass is 10.1. The molecule has 6 nitrogen and oxygen atoms in total. The maximum atomic E-state index is 12.4. The van der Waals surface area contributed by atoms with E-state index in [2.05, 4.69) is 10.3 Å². The number of benzene rings is 3. The molecule has 0 aliphatic carbocycles. The molecular weight excluding hydrogens is 390 g/mol. The summed E-state index contributed by atoms with van der Waals surface area (Å²) in [5.74, 6) is -0.848. The SMILES string of the molecule is O=C(/C=C\c1ccccc1)OCC(=O)c1ccc(-n2nncc2-c2ccccc2)cc1. The third-order valence-electron chi connectivity index (χ3n) is 4.61. The summed E-state index contributed by atoms with van der Waals surface area (Å²) in [6.07, 6.45) is 4.64. The van der Waals surface area contributed by atoms with Gasteiger partial charge in [0.25, 0.3) is 0 Å². The highest BCUT2D eigenvalue weighted by molar-refractivity contribution is 5.99. The van der Waals surface area contributed by atoms with Crippen LogP contribution in [0.4, 0.5) is 0 Å². The highest BCUT2D eigenvalue weighted by Crippen LogP contribution is 2.21. The quantitative estimate of drug-likeness (QED) is 0.257. The van der Waals surface area contributed by atoms with Crippen molar-refractivity contribution in [1.82, 2.24) is 15.0 Å². The monoisotopic (exact) mass is 409 g/mol. The zero-order valence-electron chi connectivity index (χ0n) is 16.6. The summed E-state index contributed by atoms with van der Waals surface area (Å²) in [5, 5.41) is 8.15. The minimum atomic E-state index is -0.566. The number of rotatable bonds is 7. The standard InChI is InChI=1S/C25H19N3O3/c29-24(18-31-25(30)16-11-19-7-3-1-4-8-19)21-12-14-22(15-13-21)28-23(17-26-27-28)20-9-5-2-6-10-20/h1-17H,18H2/b16-11-. The fourth-order valence-electron chi connectivity index (χ4n) is 3.02. The second-order valence-corrected chi connectivity index (χ2v) is 6.72. The van der Waals surface area contributed by atoms with Gasteiger partial charge in [-0.3, -0.25) is 4.79 Å². The molecule has 3 aromatic carbocycles. The Balaban J connectivity index is 1.39. The Bertz CT molecular complexity index is 1200. The molecule has 0 radical (unpaired) electrons. The van der Waals surface area contributed by atoms with Crippen LogP contribution in [0.25, 0.3) is 23.0 Å². The van der Waals surface area contributed by atoms with Gasteiger partial charge in [0.05, 0.1) is 17.6 Å². The first-order chi connectivity index (χ1) is 15.2. The summed E-state index contributed by atoms with van der Waals surface area (Å²) < 4.78 is 6.76. The number of carbonyl (C=O) groups excluding carboxylic acids is 2. The molecule has 0 spiro atoms. The molecule has 0 saturated heterocycles. The van der Waals surface area contributed by atoms with Crippen LogP contribution >= 0.6 is 0 Å². The lowest BCUT2D eigenvalue weighted by Gasteiger charge is -2.07. The largest absolute Gasteiger partial charge is 0.454 e. The number of hydrogen-bond donors (Lipinski definition) is 0. The number of nitrogens with zero attached hydrogens (tertiary/aromatic N) is 3. The summed E-state index contributed by atoms with van der Waals surface area (Å²) in [6, 6.07) is 26.1. The summed E-state index contributed by atoms with van der Waals surface area (Å²) in [4.78, 5) is 24.2. The average molecular weight is 409 g/mol. The van der Waals surface area contributed by atoms with Gasteiger partial charge in [0.1, 0.15) is 0 Å². The van der Waals surface area contributed by atoms with Gasteiger partial charge in [0, 0.05) is 17.2 Å². The van der Waals surface area contributed by atoms with Crippen molar-refractivity contribution in [2.45, 2.75) is 0 Å². The van der Waals surface area contributed by atoms with Crippen molar-refractivity contribution in [3.8, 4) is 16.9 Å². The van der Waals surface area contributed by atoms with Crippen molar-refractivity contribution < 1.29 is 14.3 Å². The summed E-state index contributed by atoms with van der Waals surface area (Å²) in [6.45, 7) is -0.324. The number of aromatic nitrogens is 3. The number of ether oxygens (including phenoxy) is 1. The van der Waals surface area contributed by atoms with Crippen molar-refractivity contribution in [2.24, 2.45) is 0 Å². The van der Waals surface area contributed by atoms with E-state index in [4.69, 9.17) is 4.74 Å². The molecule has 4 aromatic rings. The van der Waals surface area contributed by atoms with Crippen LogP contribution in [0.15, 0.2) is 97.2 Å². The number of hydrogen-bond acceptors (Lipinski definition) is 5. The number of ketones is 1. The van der Waals surface area contributed by atoms with E-state index < -0.39 is 5.97 Å². The molecule has 6 heteroatoms. The van der Waals surface area contributed by atoms with Crippen molar-refractivity contribution in [3.05, 3.63) is 108 Å². The van der Waals surface area contributed by atoms with Gasteiger partial charge in [0.15, 0.2) is 12.4 Å². The molecule has 31 heavy (non-hydrogen) atoms. The van der Waals surface area contributed by atoms with Crippen molar-refractivity contribution in [1.29, 1.82) is 0 Å². The molecule has 0 atom stereocenters. The van der Waals surface area contributed by atoms with Gasteiger partial charge < -0.3 is 4.74 Å². The second kappa shape index (κ2) is 9.45. The minimum absolute atomic E-state index is 0.283. The van der Waals surface area contributed by atoms with Gasteiger partial charge in [-0.2, -0.15) is 0 Å². The summed E-state index contributed by atoms with van der Waals surface area (Å²) >= 11 is 0. The molecule has 0 amide bonds. The molecule has 0 bridgehead atoms. The van der Waals surface area contributed by atoms with E-state index in [9.17, 15) is 9.59 Å². The molecule has 0 fully saturated rings. The number of Topliss-reactive ketones (excluding diaryl/α,β-unsaturated/α-hetero) is 1. The maximum Gasteiger partial charge on any atom is 0.331 e. The Labute approximate surface area is 179 Å². The van der Waals surface area contributed by atoms with Crippen LogP contribution in [-0.4, -0.2) is 33.4 Å². The molecule has 0 saturated carbocycles. The van der Waals surface area contributed by atoms with E-state index in [0.717, 1.165) is 22.5 Å². The molecule has 1 heterocycles. The lowest BCUT2D eigenvalue weighted by molar-refractivity contribution is -0.136. The van der Waals surface area contributed by atoms with Crippen LogP contribution in [0.5, 0.6) is 0 Å². The Morgan fingerprint density at radius 2 is 1.55 bits per heavy atom. The first-order valence-electron chi connectivity index (χ1n) is 9.70. The normalized spacial score (nSPS) is 10.8. The van der Waals surface area contributed by atoms with Gasteiger partial charge in [-0.15, -0.1) is 5.10 Å². The fourth-order valence-corrected chi connectivity index (χ4v) is 3.02. The Morgan fingerprint density at radius 3 is 2.26 bits per heavy atom. The number of esters is 1. The molecular formula is C25H19N3O3. The molecule has 0 N–H and O–H groups in total. The molecule has 0 aliphatic rings. The second-order valence-electron chi connectivity index (χ2n) is 6.72.